The lowest BCUT2D eigenvalue weighted by atomic mass is 9.96. The Hall–Kier alpha value is -12.3. The standard InChI is InChI=1S/C28H36N6O2.C26H30F2N6O2.C26H30N8OS.C25H32N6O3S/c1-3-5-27(35)32-13-9-26-24(19-32)28(30-34(26)23-10-14-36-15-11-23)33-12-4-6-21-16-20(7-8-25(21)33)22-17-29-31(2)18-22;1-31-15-19(14-29-31)17-4-5-22-18(13-17)3-2-9-33(22)25-21-16-32(26(35)24(27)28)10-6-23(21)34(30-25)20-7-11-36-12-8-20;1-31-15-20(14-28-31)18-4-5-23-19(13-18)3-2-9-33(23)25-22-16-32(26-29-27-17-36-26)10-6-24(22)34(30-25)21-7-11-35-12-8-21;1-28-16-20(15-26-28)18-5-6-23-19(14-18)4-3-10-30(23)25-22-17-29(35(2,32)33)11-7-24(22)31(27-25)21-8-12-34-13-9-21/h7-8,16-18,23H,3-6,9-15,19H2,1-2H3;4-5,13-15,20,24H,2-3,6-12,16H2,1H3;4-5,13-15,17,21H,2-3,6-12,16H2,1H3;5-6,14-16,21H,3-4,7-13,17H2,1-2H3. The molecule has 38 heteroatoms. The molecule has 25 rings (SSSR count). The van der Waals surface area contributed by atoms with Gasteiger partial charge in [-0.15, -0.1) is 10.2 Å². The molecule has 0 aliphatic carbocycles. The normalized spacial score (nSPS) is 18.7. The molecule has 0 radical (unpaired) electrons. The van der Waals surface area contributed by atoms with Gasteiger partial charge in [0.15, 0.2) is 23.3 Å². The molecule has 4 saturated heterocycles. The Bertz CT molecular complexity index is 6880. The molecular formula is C105H128F2N26O8S2. The van der Waals surface area contributed by atoms with E-state index >= 15 is 0 Å². The van der Waals surface area contributed by atoms with E-state index in [2.05, 4.69) is 166 Å². The van der Waals surface area contributed by atoms with E-state index in [9.17, 15) is 26.8 Å². The van der Waals surface area contributed by atoms with Gasteiger partial charge in [-0.2, -0.15) is 53.9 Å². The van der Waals surface area contributed by atoms with E-state index in [1.54, 1.807) is 20.3 Å². The van der Waals surface area contributed by atoms with Crippen molar-refractivity contribution in [1.82, 2.24) is 103 Å². The minimum atomic E-state index is -3.28. The van der Waals surface area contributed by atoms with Crippen LogP contribution in [0.4, 0.5) is 59.9 Å². The Morgan fingerprint density at radius 1 is 0.406 bits per heavy atom. The molecule has 2 amide bonds. The summed E-state index contributed by atoms with van der Waals surface area (Å²) in [7, 11) is 4.48. The number of sulfonamides is 1. The molecule has 12 aliphatic heterocycles. The van der Waals surface area contributed by atoms with Gasteiger partial charge in [0.25, 0.3) is 5.91 Å². The molecule has 143 heavy (non-hydrogen) atoms. The maximum absolute atomic E-state index is 13.3. The van der Waals surface area contributed by atoms with E-state index in [4.69, 9.17) is 39.3 Å². The zero-order valence-electron chi connectivity index (χ0n) is 82.7. The number of ether oxygens (including phenoxy) is 4. The van der Waals surface area contributed by atoms with E-state index in [0.717, 1.165) is 292 Å². The van der Waals surface area contributed by atoms with Crippen molar-refractivity contribution in [1.29, 1.82) is 0 Å². The lowest BCUT2D eigenvalue weighted by Crippen LogP contribution is -2.40. The van der Waals surface area contributed by atoms with Crippen molar-refractivity contribution in [3.05, 3.63) is 195 Å². The number of amides is 2. The third-order valence-electron chi connectivity index (χ3n) is 30.7. The van der Waals surface area contributed by atoms with Crippen LogP contribution >= 0.6 is 11.3 Å². The Labute approximate surface area is 836 Å². The average Bonchev–Trinajstić information content (AvgIpc) is 1.62. The number of rotatable bonds is 17. The fraction of sp³-hybridized carbons (Fsp3) is 0.505. The molecule has 21 heterocycles. The first-order valence-electron chi connectivity index (χ1n) is 51.3. The quantitative estimate of drug-likeness (QED) is 0.0818. The number of fused-ring (bicyclic) bond motifs is 8. The summed E-state index contributed by atoms with van der Waals surface area (Å²) in [5, 5.41) is 47.7. The van der Waals surface area contributed by atoms with Crippen LogP contribution in [0.5, 0.6) is 0 Å². The highest BCUT2D eigenvalue weighted by Crippen LogP contribution is 2.48. The summed E-state index contributed by atoms with van der Waals surface area (Å²) >= 11 is 1.61. The number of aryl methyl sites for hydroxylation is 8. The maximum atomic E-state index is 13.3. The zero-order valence-corrected chi connectivity index (χ0v) is 84.3. The predicted molar refractivity (Wildman–Crippen MR) is 544 cm³/mol. The monoisotopic (exact) mass is 1980 g/mol. The van der Waals surface area contributed by atoms with E-state index in [-0.39, 0.29) is 25.0 Å². The number of hydrogen-bond donors (Lipinski definition) is 0. The highest BCUT2D eigenvalue weighted by Gasteiger charge is 2.42. The lowest BCUT2D eigenvalue weighted by molar-refractivity contribution is -0.143. The largest absolute Gasteiger partial charge is 0.381 e. The van der Waals surface area contributed by atoms with E-state index in [1.807, 2.05) is 89.8 Å². The van der Waals surface area contributed by atoms with Gasteiger partial charge in [0, 0.05) is 287 Å². The summed E-state index contributed by atoms with van der Waals surface area (Å²) in [5.74, 6) is 3.01. The van der Waals surface area contributed by atoms with Crippen LogP contribution in [0.25, 0.3) is 44.5 Å². The summed E-state index contributed by atoms with van der Waals surface area (Å²) in [6, 6.07) is 28.0. The minimum absolute atomic E-state index is 0.163. The fourth-order valence-corrected chi connectivity index (χ4v) is 24.8. The Kier molecular flexibility index (Phi) is 27.7. The number of anilines is 9. The van der Waals surface area contributed by atoms with Gasteiger partial charge in [-0.3, -0.25) is 47.0 Å². The van der Waals surface area contributed by atoms with Crippen molar-refractivity contribution >= 4 is 84.3 Å². The number of carbonyl (C=O) groups is 2. The first-order valence-corrected chi connectivity index (χ1v) is 54.1. The Morgan fingerprint density at radius 3 is 1.04 bits per heavy atom. The van der Waals surface area contributed by atoms with E-state index < -0.39 is 22.4 Å². The van der Waals surface area contributed by atoms with Crippen molar-refractivity contribution in [3.63, 3.8) is 0 Å². The van der Waals surface area contributed by atoms with Crippen molar-refractivity contribution in [2.75, 3.05) is 136 Å². The molecule has 13 aromatic rings. The van der Waals surface area contributed by atoms with Crippen LogP contribution in [-0.4, -0.2) is 241 Å². The Morgan fingerprint density at radius 2 is 0.727 bits per heavy atom. The summed E-state index contributed by atoms with van der Waals surface area (Å²) < 4.78 is 91.8. The maximum Gasteiger partial charge on any atom is 0.315 e. The number of nitrogens with zero attached hydrogens (tertiary/aromatic N) is 26. The number of carbonyl (C=O) groups excluding carboxylic acids is 2. The third kappa shape index (κ3) is 19.7. The van der Waals surface area contributed by atoms with E-state index in [1.165, 1.54) is 89.8 Å². The molecule has 0 bridgehead atoms. The van der Waals surface area contributed by atoms with Gasteiger partial charge in [0.2, 0.25) is 21.1 Å². The van der Waals surface area contributed by atoms with Gasteiger partial charge < -0.3 is 53.2 Å². The summed E-state index contributed by atoms with van der Waals surface area (Å²) in [6.07, 6.45) is 34.6. The molecule has 0 N–H and O–H groups in total. The third-order valence-corrected chi connectivity index (χ3v) is 32.7. The second kappa shape index (κ2) is 41.4. The van der Waals surface area contributed by atoms with Crippen LogP contribution in [0.2, 0.25) is 0 Å². The van der Waals surface area contributed by atoms with Crippen molar-refractivity contribution in [2.45, 2.75) is 205 Å². The molecule has 4 fully saturated rings. The van der Waals surface area contributed by atoms with E-state index in [0.29, 0.717) is 70.2 Å². The van der Waals surface area contributed by atoms with Gasteiger partial charge in [-0.1, -0.05) is 42.5 Å². The SMILES string of the molecule is CCCC(=O)N1CCc2c(c(N3CCCc4cc(-c5cnn(C)c5)ccc43)nn2C2CCOCC2)C1.Cn1cc(-c2ccc3c(c2)CCCN3c2nn(C3CCOCC3)c3c2CN(C(=O)C(F)F)CC3)cn1.Cn1cc(-c2ccc3c(c2)CCCN3c2nn(C3CCOCC3)c3c2CN(S(C)(=O)=O)CC3)cn1.Cn1cc(-c2ccc3c(c2)CCCN3c2nn(C3CCOCC3)c3c2CN(c2nncs2)CC3)cn1. The molecule has 752 valence electrons. The number of halogens is 2. The van der Waals surface area contributed by atoms with Crippen molar-refractivity contribution in [2.24, 2.45) is 28.2 Å². The molecule has 12 aliphatic rings. The number of aromatic nitrogens is 18. The van der Waals surface area contributed by atoms with Crippen LogP contribution in [0.1, 0.15) is 188 Å². The highest BCUT2D eigenvalue weighted by molar-refractivity contribution is 7.88. The topological polar surface area (TPSA) is 299 Å². The molecule has 34 nitrogen and oxygen atoms in total. The fourth-order valence-electron chi connectivity index (χ4n) is 23.4. The second-order valence-electron chi connectivity index (χ2n) is 40.0. The predicted octanol–water partition coefficient (Wildman–Crippen LogP) is 15.4. The summed E-state index contributed by atoms with van der Waals surface area (Å²) in [6.45, 7) is 16.3. The summed E-state index contributed by atoms with van der Waals surface area (Å²) in [4.78, 5) is 40.1. The number of benzene rings is 4. The van der Waals surface area contributed by atoms with Crippen LogP contribution < -0.4 is 24.5 Å². The number of hydrogen-bond acceptors (Lipinski definition) is 24. The number of alkyl halides is 2. The summed E-state index contributed by atoms with van der Waals surface area (Å²) in [5.41, 5.74) is 30.5. The Balaban J connectivity index is 0.000000109. The molecular weight excluding hydrogens is 1860 g/mol. The molecule has 0 atom stereocenters. The first-order chi connectivity index (χ1) is 69.7. The molecule has 0 unspecified atom stereocenters. The second-order valence-corrected chi connectivity index (χ2v) is 42.8. The van der Waals surface area contributed by atoms with Gasteiger partial charge in [-0.25, -0.2) is 8.42 Å². The minimum Gasteiger partial charge on any atom is -0.381 e. The zero-order chi connectivity index (χ0) is 97.7. The van der Waals surface area contributed by atoms with Gasteiger partial charge in [0.05, 0.1) is 74.8 Å². The smallest absolute Gasteiger partial charge is 0.315 e. The molecule has 9 aromatic heterocycles. The lowest BCUT2D eigenvalue weighted by Gasteiger charge is -2.33. The van der Waals surface area contributed by atoms with Gasteiger partial charge >= 0.3 is 6.43 Å². The van der Waals surface area contributed by atoms with Crippen molar-refractivity contribution in [3.8, 4) is 44.5 Å². The first kappa shape index (κ1) is 95.5. The van der Waals surface area contributed by atoms with Crippen LogP contribution in [-0.2, 0) is 144 Å². The molecule has 4 aromatic carbocycles. The van der Waals surface area contributed by atoms with Gasteiger partial charge in [0.1, 0.15) is 5.51 Å². The molecule has 0 spiro atoms. The van der Waals surface area contributed by atoms with Crippen LogP contribution in [0.15, 0.2) is 128 Å². The van der Waals surface area contributed by atoms with Gasteiger partial charge in [-0.05, 0) is 202 Å². The molecule has 0 saturated carbocycles. The van der Waals surface area contributed by atoms with Crippen LogP contribution in [0, 0.1) is 0 Å². The van der Waals surface area contributed by atoms with Crippen LogP contribution in [0.3, 0.4) is 0 Å². The van der Waals surface area contributed by atoms with Crippen molar-refractivity contribution < 1.29 is 45.7 Å². The average molecular weight is 1980 g/mol. The highest BCUT2D eigenvalue weighted by atomic mass is 32.2.